The lowest BCUT2D eigenvalue weighted by Crippen LogP contribution is -2.36. The van der Waals surface area contributed by atoms with E-state index in [1.54, 1.807) is 17.0 Å². The highest BCUT2D eigenvalue weighted by molar-refractivity contribution is 7.89. The van der Waals surface area contributed by atoms with Gasteiger partial charge in [0.25, 0.3) is 0 Å². The van der Waals surface area contributed by atoms with Gasteiger partial charge >= 0.3 is 0 Å². The molecule has 0 unspecified atom stereocenters. The number of hydrogen-bond acceptors (Lipinski definition) is 3. The van der Waals surface area contributed by atoms with Crippen molar-refractivity contribution in [2.75, 3.05) is 26.2 Å². The molecule has 25 heavy (non-hydrogen) atoms. The van der Waals surface area contributed by atoms with Crippen LogP contribution in [0, 0.1) is 0 Å². The van der Waals surface area contributed by atoms with Crippen LogP contribution in [-0.2, 0) is 14.8 Å². The molecular formula is C19H22N2O3S. The zero-order valence-corrected chi connectivity index (χ0v) is 15.1. The largest absolute Gasteiger partial charge is 0.342 e. The number of nitrogens with zero attached hydrogens (tertiary/aromatic N) is 2. The van der Waals surface area contributed by atoms with Gasteiger partial charge in [-0.1, -0.05) is 48.5 Å². The second kappa shape index (κ2) is 7.37. The predicted octanol–water partition coefficient (Wildman–Crippen LogP) is 2.60. The van der Waals surface area contributed by atoms with Crippen molar-refractivity contribution >= 4 is 15.9 Å². The predicted molar refractivity (Wildman–Crippen MR) is 97.5 cm³/mol. The molecule has 1 fully saturated rings. The van der Waals surface area contributed by atoms with E-state index in [2.05, 4.69) is 0 Å². The third-order valence-corrected chi connectivity index (χ3v) is 6.45. The Balaban J connectivity index is 1.95. The Kier molecular flexibility index (Phi) is 5.20. The molecule has 0 radical (unpaired) electrons. The fourth-order valence-electron chi connectivity index (χ4n) is 3.14. The van der Waals surface area contributed by atoms with E-state index in [4.69, 9.17) is 0 Å². The molecule has 1 amide bonds. The maximum absolute atomic E-state index is 13.2. The van der Waals surface area contributed by atoms with Crippen LogP contribution in [0.25, 0.3) is 11.1 Å². The lowest BCUT2D eigenvalue weighted by molar-refractivity contribution is -0.128. The Hall–Kier alpha value is -2.18. The zero-order chi connectivity index (χ0) is 17.9. The molecule has 0 N–H and O–H groups in total. The molecule has 0 spiro atoms. The topological polar surface area (TPSA) is 57.7 Å². The highest BCUT2D eigenvalue weighted by Gasteiger charge is 2.29. The summed E-state index contributed by atoms with van der Waals surface area (Å²) in [7, 11) is -3.62. The Morgan fingerprint density at radius 1 is 0.880 bits per heavy atom. The van der Waals surface area contributed by atoms with Crippen molar-refractivity contribution in [3.05, 3.63) is 54.6 Å². The number of rotatable bonds is 3. The van der Waals surface area contributed by atoms with Gasteiger partial charge in [0.15, 0.2) is 0 Å². The van der Waals surface area contributed by atoms with E-state index in [9.17, 15) is 13.2 Å². The first-order valence-electron chi connectivity index (χ1n) is 8.40. The maximum atomic E-state index is 13.2. The molecule has 1 aliphatic heterocycles. The Bertz CT molecular complexity index is 850. The summed E-state index contributed by atoms with van der Waals surface area (Å²) in [6, 6.07) is 16.6. The van der Waals surface area contributed by atoms with E-state index in [0.717, 1.165) is 5.56 Å². The van der Waals surface area contributed by atoms with Crippen molar-refractivity contribution in [3.8, 4) is 11.1 Å². The molecule has 1 saturated heterocycles. The maximum Gasteiger partial charge on any atom is 0.243 e. The summed E-state index contributed by atoms with van der Waals surface area (Å²) >= 11 is 0. The van der Waals surface area contributed by atoms with Crippen LogP contribution in [0.2, 0.25) is 0 Å². The van der Waals surface area contributed by atoms with E-state index in [1.807, 2.05) is 42.5 Å². The van der Waals surface area contributed by atoms with Crippen molar-refractivity contribution in [2.24, 2.45) is 0 Å². The fraction of sp³-hybridized carbons (Fsp3) is 0.316. The first kappa shape index (κ1) is 17.6. The first-order chi connectivity index (χ1) is 12.0. The second-order valence-electron chi connectivity index (χ2n) is 6.13. The minimum absolute atomic E-state index is 0.0102. The molecule has 6 heteroatoms. The average molecular weight is 358 g/mol. The molecule has 0 bridgehead atoms. The van der Waals surface area contributed by atoms with Gasteiger partial charge in [-0.05, 0) is 18.1 Å². The smallest absolute Gasteiger partial charge is 0.243 e. The van der Waals surface area contributed by atoms with Crippen LogP contribution in [0.15, 0.2) is 59.5 Å². The molecule has 0 atom stereocenters. The van der Waals surface area contributed by atoms with Gasteiger partial charge in [0.05, 0.1) is 4.90 Å². The monoisotopic (exact) mass is 358 g/mol. The highest BCUT2D eigenvalue weighted by Crippen LogP contribution is 2.29. The van der Waals surface area contributed by atoms with E-state index in [0.29, 0.717) is 43.1 Å². The number of carbonyl (C=O) groups excluding carboxylic acids is 1. The number of hydrogen-bond donors (Lipinski definition) is 0. The molecule has 2 aromatic carbocycles. The summed E-state index contributed by atoms with van der Waals surface area (Å²) in [6.45, 7) is 3.30. The third-order valence-electron chi connectivity index (χ3n) is 4.49. The molecule has 2 aromatic rings. The van der Waals surface area contributed by atoms with Gasteiger partial charge in [0, 0.05) is 38.7 Å². The molecule has 0 aromatic heterocycles. The number of amides is 1. The summed E-state index contributed by atoms with van der Waals surface area (Å²) in [5.41, 5.74) is 1.58. The minimum Gasteiger partial charge on any atom is -0.342 e. The van der Waals surface area contributed by atoms with Crippen LogP contribution in [0.4, 0.5) is 0 Å². The van der Waals surface area contributed by atoms with Crippen LogP contribution < -0.4 is 0 Å². The lowest BCUT2D eigenvalue weighted by Gasteiger charge is -2.22. The van der Waals surface area contributed by atoms with Crippen molar-refractivity contribution in [2.45, 2.75) is 18.2 Å². The van der Waals surface area contributed by atoms with Crippen LogP contribution in [0.5, 0.6) is 0 Å². The van der Waals surface area contributed by atoms with E-state index >= 15 is 0 Å². The van der Waals surface area contributed by atoms with Gasteiger partial charge < -0.3 is 4.90 Å². The SMILES string of the molecule is CC(=O)N1CCCN(S(=O)(=O)c2ccccc2-c2ccccc2)CC1. The van der Waals surface area contributed by atoms with Crippen LogP contribution >= 0.6 is 0 Å². The van der Waals surface area contributed by atoms with Crippen molar-refractivity contribution in [3.63, 3.8) is 0 Å². The van der Waals surface area contributed by atoms with Gasteiger partial charge in [-0.3, -0.25) is 4.79 Å². The van der Waals surface area contributed by atoms with Crippen LogP contribution in [0.1, 0.15) is 13.3 Å². The normalized spacial score (nSPS) is 16.4. The first-order valence-corrected chi connectivity index (χ1v) is 9.84. The molecule has 1 aliphatic rings. The van der Waals surface area contributed by atoms with Crippen LogP contribution in [0.3, 0.4) is 0 Å². The van der Waals surface area contributed by atoms with Crippen LogP contribution in [-0.4, -0.2) is 49.7 Å². The lowest BCUT2D eigenvalue weighted by atomic mass is 10.1. The molecule has 1 heterocycles. The molecule has 0 aliphatic carbocycles. The van der Waals surface area contributed by atoms with Gasteiger partial charge in [-0.2, -0.15) is 4.31 Å². The van der Waals surface area contributed by atoms with E-state index in [-0.39, 0.29) is 5.91 Å². The van der Waals surface area contributed by atoms with Gasteiger partial charge in [0.1, 0.15) is 0 Å². The average Bonchev–Trinajstić information content (AvgIpc) is 2.89. The van der Waals surface area contributed by atoms with Crippen molar-refractivity contribution in [1.29, 1.82) is 0 Å². The fourth-order valence-corrected chi connectivity index (χ4v) is 4.82. The Morgan fingerprint density at radius 3 is 2.28 bits per heavy atom. The Labute approximate surface area is 148 Å². The van der Waals surface area contributed by atoms with Gasteiger partial charge in [0.2, 0.25) is 15.9 Å². The number of sulfonamides is 1. The van der Waals surface area contributed by atoms with E-state index < -0.39 is 10.0 Å². The molecular weight excluding hydrogens is 336 g/mol. The van der Waals surface area contributed by atoms with Gasteiger partial charge in [-0.15, -0.1) is 0 Å². The van der Waals surface area contributed by atoms with Gasteiger partial charge in [-0.25, -0.2) is 8.42 Å². The van der Waals surface area contributed by atoms with Crippen molar-refractivity contribution < 1.29 is 13.2 Å². The summed E-state index contributed by atoms with van der Waals surface area (Å²) < 4.78 is 28.0. The van der Waals surface area contributed by atoms with Crippen molar-refractivity contribution in [1.82, 2.24) is 9.21 Å². The third kappa shape index (κ3) is 3.75. The van der Waals surface area contributed by atoms with E-state index in [1.165, 1.54) is 11.2 Å². The summed E-state index contributed by atoms with van der Waals surface area (Å²) in [6.07, 6.45) is 0.645. The summed E-state index contributed by atoms with van der Waals surface area (Å²) in [5.74, 6) is -0.0102. The molecule has 0 saturated carbocycles. The molecule has 132 valence electrons. The highest BCUT2D eigenvalue weighted by atomic mass is 32.2. The number of carbonyl (C=O) groups is 1. The standard InChI is InChI=1S/C19H22N2O3S/c1-16(22)20-12-7-13-21(15-14-20)25(23,24)19-11-6-5-10-18(19)17-8-3-2-4-9-17/h2-6,8-11H,7,12-15H2,1H3. The molecule has 3 rings (SSSR count). The molecule has 5 nitrogen and oxygen atoms in total. The number of benzene rings is 2. The second-order valence-corrected chi connectivity index (χ2v) is 8.03. The Morgan fingerprint density at radius 2 is 1.56 bits per heavy atom. The summed E-state index contributed by atoms with van der Waals surface area (Å²) in [5, 5.41) is 0. The minimum atomic E-state index is -3.62. The zero-order valence-electron chi connectivity index (χ0n) is 14.3. The summed E-state index contributed by atoms with van der Waals surface area (Å²) in [4.78, 5) is 13.6. The quantitative estimate of drug-likeness (QED) is 0.847.